The largest absolute Gasteiger partial charge is 0.453 e. The van der Waals surface area contributed by atoms with Crippen molar-refractivity contribution >= 4 is 17.6 Å². The first-order valence-corrected chi connectivity index (χ1v) is 7.19. The van der Waals surface area contributed by atoms with Crippen molar-refractivity contribution in [1.82, 2.24) is 0 Å². The number of carbonyl (C=O) groups excluding carboxylic acids is 2. The molecule has 0 bridgehead atoms. The molecule has 5 nitrogen and oxygen atoms in total. The van der Waals surface area contributed by atoms with Crippen molar-refractivity contribution < 1.29 is 19.1 Å². The van der Waals surface area contributed by atoms with Gasteiger partial charge in [0.05, 0.1) is 0 Å². The third kappa shape index (κ3) is 4.40. The van der Waals surface area contributed by atoms with Crippen LogP contribution in [-0.4, -0.2) is 32.6 Å². The summed E-state index contributed by atoms with van der Waals surface area (Å²) in [4.78, 5) is 25.7. The topological polar surface area (TPSA) is 55.8 Å². The molecule has 0 aliphatic heterocycles. The predicted octanol–water partition coefficient (Wildman–Crippen LogP) is 2.58. The van der Waals surface area contributed by atoms with E-state index in [0.717, 1.165) is 5.69 Å². The maximum atomic E-state index is 12.1. The number of likely N-dealkylation sites (N-methyl/N-ethyl adjacent to an activating group) is 1. The average molecular weight is 313 g/mol. The molecule has 0 saturated heterocycles. The SMILES string of the molecule is COC(C(=O)OCC(=O)N(C)c1ccccc1)c1ccccc1. The van der Waals surface area contributed by atoms with E-state index in [1.54, 1.807) is 19.2 Å². The van der Waals surface area contributed by atoms with Gasteiger partial charge in [0, 0.05) is 19.8 Å². The van der Waals surface area contributed by atoms with Crippen LogP contribution in [0, 0.1) is 0 Å². The molecule has 120 valence electrons. The number of amides is 1. The number of rotatable bonds is 6. The standard InChI is InChI=1S/C18H19NO4/c1-19(15-11-7-4-8-12-15)16(20)13-23-18(21)17(22-2)14-9-5-3-6-10-14/h3-12,17H,13H2,1-2H3. The van der Waals surface area contributed by atoms with E-state index in [2.05, 4.69) is 0 Å². The zero-order valence-electron chi connectivity index (χ0n) is 13.1. The van der Waals surface area contributed by atoms with Gasteiger partial charge >= 0.3 is 5.97 Å². The van der Waals surface area contributed by atoms with Crippen LogP contribution in [-0.2, 0) is 19.1 Å². The second-order valence-electron chi connectivity index (χ2n) is 4.92. The van der Waals surface area contributed by atoms with Gasteiger partial charge in [0.15, 0.2) is 12.7 Å². The number of benzene rings is 2. The normalized spacial score (nSPS) is 11.6. The summed E-state index contributed by atoms with van der Waals surface area (Å²) in [5.74, 6) is -0.902. The number of carbonyl (C=O) groups is 2. The smallest absolute Gasteiger partial charge is 0.340 e. The minimum absolute atomic E-state index is 0.313. The third-order valence-electron chi connectivity index (χ3n) is 3.41. The molecule has 23 heavy (non-hydrogen) atoms. The molecule has 1 atom stereocenters. The molecule has 0 aliphatic carbocycles. The van der Waals surface area contributed by atoms with Crippen LogP contribution in [0.15, 0.2) is 60.7 Å². The highest BCUT2D eigenvalue weighted by Gasteiger charge is 2.23. The second kappa shape index (κ2) is 8.10. The van der Waals surface area contributed by atoms with E-state index in [1.165, 1.54) is 12.0 Å². The van der Waals surface area contributed by atoms with Gasteiger partial charge in [-0.3, -0.25) is 4.79 Å². The molecule has 0 radical (unpaired) electrons. The molecule has 0 fully saturated rings. The van der Waals surface area contributed by atoms with E-state index >= 15 is 0 Å². The van der Waals surface area contributed by atoms with E-state index in [9.17, 15) is 9.59 Å². The summed E-state index contributed by atoms with van der Waals surface area (Å²) < 4.78 is 10.3. The molecule has 2 aromatic rings. The van der Waals surface area contributed by atoms with Crippen LogP contribution >= 0.6 is 0 Å². The molecule has 1 unspecified atom stereocenters. The maximum absolute atomic E-state index is 12.1. The number of methoxy groups -OCH3 is 1. The lowest BCUT2D eigenvalue weighted by molar-refractivity contribution is -0.158. The van der Waals surface area contributed by atoms with Crippen LogP contribution in [0.4, 0.5) is 5.69 Å². The van der Waals surface area contributed by atoms with Crippen molar-refractivity contribution in [3.8, 4) is 0 Å². The molecule has 1 amide bonds. The van der Waals surface area contributed by atoms with Gasteiger partial charge < -0.3 is 14.4 Å². The first-order valence-electron chi connectivity index (χ1n) is 7.19. The van der Waals surface area contributed by atoms with Gasteiger partial charge in [0.25, 0.3) is 5.91 Å². The quantitative estimate of drug-likeness (QED) is 0.769. The lowest BCUT2D eigenvalue weighted by Gasteiger charge is -2.19. The highest BCUT2D eigenvalue weighted by molar-refractivity contribution is 5.94. The minimum atomic E-state index is -0.842. The van der Waals surface area contributed by atoms with E-state index in [1.807, 2.05) is 48.5 Å². The predicted molar refractivity (Wildman–Crippen MR) is 87.0 cm³/mol. The molecule has 2 aromatic carbocycles. The van der Waals surface area contributed by atoms with Gasteiger partial charge in [-0.1, -0.05) is 48.5 Å². The first-order chi connectivity index (χ1) is 11.1. The molecular weight excluding hydrogens is 294 g/mol. The van der Waals surface area contributed by atoms with Crippen molar-refractivity contribution in [3.63, 3.8) is 0 Å². The Morgan fingerprint density at radius 2 is 1.57 bits per heavy atom. The Morgan fingerprint density at radius 1 is 1.00 bits per heavy atom. The fourth-order valence-corrected chi connectivity index (χ4v) is 2.10. The fraction of sp³-hybridized carbons (Fsp3) is 0.222. The third-order valence-corrected chi connectivity index (χ3v) is 3.41. The number of esters is 1. The Morgan fingerprint density at radius 3 is 2.13 bits per heavy atom. The lowest BCUT2D eigenvalue weighted by atomic mass is 10.1. The summed E-state index contributed by atoms with van der Waals surface area (Å²) in [7, 11) is 3.06. The summed E-state index contributed by atoms with van der Waals surface area (Å²) in [5, 5.41) is 0. The number of hydrogen-bond acceptors (Lipinski definition) is 4. The number of anilines is 1. The highest BCUT2D eigenvalue weighted by atomic mass is 16.6. The molecular formula is C18H19NO4. The first kappa shape index (κ1) is 16.7. The Hall–Kier alpha value is -2.66. The number of hydrogen-bond donors (Lipinski definition) is 0. The summed E-state index contributed by atoms with van der Waals surface area (Å²) in [6, 6.07) is 18.2. The minimum Gasteiger partial charge on any atom is -0.453 e. The Bertz CT molecular complexity index is 643. The molecule has 0 aromatic heterocycles. The van der Waals surface area contributed by atoms with Crippen molar-refractivity contribution in [2.24, 2.45) is 0 Å². The Balaban J connectivity index is 1.94. The van der Waals surface area contributed by atoms with E-state index < -0.39 is 12.1 Å². The molecule has 0 spiro atoms. The molecule has 0 saturated carbocycles. The van der Waals surface area contributed by atoms with Gasteiger partial charge in [0.2, 0.25) is 0 Å². The summed E-state index contributed by atoms with van der Waals surface area (Å²) in [5.41, 5.74) is 1.42. The molecule has 0 heterocycles. The summed E-state index contributed by atoms with van der Waals surface area (Å²) in [6.07, 6.45) is -0.842. The van der Waals surface area contributed by atoms with Crippen molar-refractivity contribution in [2.45, 2.75) is 6.10 Å². The average Bonchev–Trinajstić information content (AvgIpc) is 2.61. The van der Waals surface area contributed by atoms with Crippen LogP contribution in [0.1, 0.15) is 11.7 Å². The molecule has 0 aliphatic rings. The summed E-state index contributed by atoms with van der Waals surface area (Å²) in [6.45, 7) is -0.336. The molecule has 2 rings (SSSR count). The van der Waals surface area contributed by atoms with Crippen molar-refractivity contribution in [2.75, 3.05) is 25.7 Å². The molecule has 0 N–H and O–H groups in total. The lowest BCUT2D eigenvalue weighted by Crippen LogP contribution is -2.32. The second-order valence-corrected chi connectivity index (χ2v) is 4.92. The van der Waals surface area contributed by atoms with Crippen molar-refractivity contribution in [3.05, 3.63) is 66.2 Å². The van der Waals surface area contributed by atoms with E-state index in [0.29, 0.717) is 5.56 Å². The van der Waals surface area contributed by atoms with Crippen LogP contribution in [0.3, 0.4) is 0 Å². The van der Waals surface area contributed by atoms with Crippen LogP contribution in [0.5, 0.6) is 0 Å². The highest BCUT2D eigenvalue weighted by Crippen LogP contribution is 2.18. The molecule has 5 heteroatoms. The fourth-order valence-electron chi connectivity index (χ4n) is 2.10. The maximum Gasteiger partial charge on any atom is 0.340 e. The Labute approximate surface area is 135 Å². The van der Waals surface area contributed by atoms with Gasteiger partial charge in [0.1, 0.15) is 0 Å². The van der Waals surface area contributed by atoms with E-state index in [4.69, 9.17) is 9.47 Å². The monoisotopic (exact) mass is 313 g/mol. The van der Waals surface area contributed by atoms with Gasteiger partial charge in [-0.25, -0.2) is 4.79 Å². The number of nitrogens with zero attached hydrogens (tertiary/aromatic N) is 1. The van der Waals surface area contributed by atoms with Crippen LogP contribution in [0.2, 0.25) is 0 Å². The number of ether oxygens (including phenoxy) is 2. The Kier molecular flexibility index (Phi) is 5.88. The van der Waals surface area contributed by atoms with E-state index in [-0.39, 0.29) is 12.5 Å². The van der Waals surface area contributed by atoms with Gasteiger partial charge in [-0.2, -0.15) is 0 Å². The zero-order valence-corrected chi connectivity index (χ0v) is 13.1. The van der Waals surface area contributed by atoms with Gasteiger partial charge in [-0.15, -0.1) is 0 Å². The zero-order chi connectivity index (χ0) is 16.7. The van der Waals surface area contributed by atoms with Crippen LogP contribution in [0.25, 0.3) is 0 Å². The van der Waals surface area contributed by atoms with Crippen LogP contribution < -0.4 is 4.90 Å². The van der Waals surface area contributed by atoms with Gasteiger partial charge in [-0.05, 0) is 17.7 Å². The number of para-hydroxylation sites is 1. The van der Waals surface area contributed by atoms with Crippen molar-refractivity contribution in [1.29, 1.82) is 0 Å². The summed E-state index contributed by atoms with van der Waals surface area (Å²) >= 11 is 0.